The summed E-state index contributed by atoms with van der Waals surface area (Å²) >= 11 is 6.78. The van der Waals surface area contributed by atoms with Gasteiger partial charge in [-0.3, -0.25) is 0 Å². The Morgan fingerprint density at radius 1 is 0.964 bits per heavy atom. The molecule has 0 spiro atoms. The maximum atomic E-state index is 13.1. The van der Waals surface area contributed by atoms with E-state index in [0.29, 0.717) is 18.0 Å². The molecule has 0 aliphatic carbocycles. The van der Waals surface area contributed by atoms with Gasteiger partial charge in [0.25, 0.3) is 0 Å². The number of fused-ring (bicyclic) bond motifs is 1. The standard InChI is InChI=1S/C21H17Br2NO3S/c22-18-5-2-15(3-6-18)1-4-16-13-24(14-17-11-12-27-21(16)17)28(25,26)20-9-7-19(23)8-10-20/h1-12,16H,13-14H2/b4-1+. The molecule has 0 saturated heterocycles. The largest absolute Gasteiger partial charge is 0.468 e. The maximum Gasteiger partial charge on any atom is 0.243 e. The van der Waals surface area contributed by atoms with Crippen LogP contribution in [0.3, 0.4) is 0 Å². The van der Waals surface area contributed by atoms with Crippen LogP contribution in [-0.2, 0) is 16.6 Å². The molecular formula is C21H17Br2NO3S. The van der Waals surface area contributed by atoms with Crippen molar-refractivity contribution in [1.82, 2.24) is 4.31 Å². The van der Waals surface area contributed by atoms with Crippen molar-refractivity contribution in [2.24, 2.45) is 0 Å². The Morgan fingerprint density at radius 2 is 1.61 bits per heavy atom. The molecular weight excluding hydrogens is 506 g/mol. The molecule has 7 heteroatoms. The average Bonchev–Trinajstić information content (AvgIpc) is 3.16. The molecule has 1 unspecified atom stereocenters. The summed E-state index contributed by atoms with van der Waals surface area (Å²) in [7, 11) is -3.59. The number of rotatable bonds is 4. The van der Waals surface area contributed by atoms with Crippen LogP contribution < -0.4 is 0 Å². The van der Waals surface area contributed by atoms with Crippen LogP contribution in [0.2, 0.25) is 0 Å². The first-order valence-corrected chi connectivity index (χ1v) is 11.7. The summed E-state index contributed by atoms with van der Waals surface area (Å²) in [6.07, 6.45) is 5.63. The van der Waals surface area contributed by atoms with E-state index < -0.39 is 10.0 Å². The van der Waals surface area contributed by atoms with E-state index in [9.17, 15) is 8.42 Å². The molecule has 1 atom stereocenters. The van der Waals surface area contributed by atoms with E-state index in [-0.39, 0.29) is 5.92 Å². The molecule has 1 aliphatic heterocycles. The fraction of sp³-hybridized carbons (Fsp3) is 0.143. The molecule has 1 aliphatic rings. The number of benzene rings is 2. The fourth-order valence-corrected chi connectivity index (χ4v) is 5.22. The molecule has 4 nitrogen and oxygen atoms in total. The summed E-state index contributed by atoms with van der Waals surface area (Å²) < 4.78 is 35.3. The number of hydrogen-bond donors (Lipinski definition) is 0. The molecule has 2 heterocycles. The Morgan fingerprint density at radius 3 is 2.29 bits per heavy atom. The van der Waals surface area contributed by atoms with E-state index in [0.717, 1.165) is 25.8 Å². The molecule has 4 rings (SSSR count). The lowest BCUT2D eigenvalue weighted by molar-refractivity contribution is 0.342. The first-order valence-electron chi connectivity index (χ1n) is 8.69. The number of hydrogen-bond acceptors (Lipinski definition) is 3. The van der Waals surface area contributed by atoms with E-state index >= 15 is 0 Å². The molecule has 3 aromatic rings. The van der Waals surface area contributed by atoms with Gasteiger partial charge in [-0.2, -0.15) is 4.31 Å². The van der Waals surface area contributed by atoms with Crippen molar-refractivity contribution >= 4 is 48.0 Å². The Balaban J connectivity index is 1.63. The third-order valence-corrected chi connectivity index (χ3v) is 7.59. The lowest BCUT2D eigenvalue weighted by Crippen LogP contribution is -2.37. The summed E-state index contributed by atoms with van der Waals surface area (Å²) in [5.41, 5.74) is 1.95. The zero-order valence-corrected chi connectivity index (χ0v) is 18.7. The average molecular weight is 523 g/mol. The minimum atomic E-state index is -3.59. The highest BCUT2D eigenvalue weighted by atomic mass is 79.9. The van der Waals surface area contributed by atoms with Gasteiger partial charge < -0.3 is 4.42 Å². The van der Waals surface area contributed by atoms with Crippen molar-refractivity contribution in [3.8, 4) is 0 Å². The van der Waals surface area contributed by atoms with Crippen LogP contribution in [-0.4, -0.2) is 19.3 Å². The van der Waals surface area contributed by atoms with Crippen molar-refractivity contribution in [3.05, 3.63) is 92.8 Å². The third-order valence-electron chi connectivity index (χ3n) is 4.71. The Kier molecular flexibility index (Phi) is 5.60. The lowest BCUT2D eigenvalue weighted by Gasteiger charge is -2.29. The molecule has 0 fully saturated rings. The van der Waals surface area contributed by atoms with E-state index in [2.05, 4.69) is 31.9 Å². The zero-order valence-electron chi connectivity index (χ0n) is 14.8. The molecule has 2 aromatic carbocycles. The van der Waals surface area contributed by atoms with Crippen molar-refractivity contribution in [2.75, 3.05) is 6.54 Å². The van der Waals surface area contributed by atoms with Crippen LogP contribution in [0, 0.1) is 0 Å². The predicted molar refractivity (Wildman–Crippen MR) is 116 cm³/mol. The van der Waals surface area contributed by atoms with Gasteiger partial charge in [-0.25, -0.2) is 8.42 Å². The molecule has 0 N–H and O–H groups in total. The van der Waals surface area contributed by atoms with Gasteiger partial charge in [0.1, 0.15) is 5.76 Å². The topological polar surface area (TPSA) is 50.5 Å². The van der Waals surface area contributed by atoms with Crippen LogP contribution in [0.1, 0.15) is 22.8 Å². The molecule has 28 heavy (non-hydrogen) atoms. The van der Waals surface area contributed by atoms with E-state index in [1.807, 2.05) is 42.5 Å². The monoisotopic (exact) mass is 521 g/mol. The van der Waals surface area contributed by atoms with Crippen LogP contribution in [0.5, 0.6) is 0 Å². The molecule has 0 bridgehead atoms. The third kappa shape index (κ3) is 4.03. The van der Waals surface area contributed by atoms with Crippen LogP contribution in [0.25, 0.3) is 6.08 Å². The fourth-order valence-electron chi connectivity index (χ4n) is 3.25. The number of nitrogens with zero attached hydrogens (tertiary/aromatic N) is 1. The van der Waals surface area contributed by atoms with Gasteiger partial charge in [0.2, 0.25) is 10.0 Å². The van der Waals surface area contributed by atoms with Crippen molar-refractivity contribution in [3.63, 3.8) is 0 Å². The van der Waals surface area contributed by atoms with Crippen molar-refractivity contribution < 1.29 is 12.8 Å². The van der Waals surface area contributed by atoms with E-state index in [4.69, 9.17) is 4.42 Å². The predicted octanol–water partition coefficient (Wildman–Crippen LogP) is 5.81. The summed E-state index contributed by atoms with van der Waals surface area (Å²) in [5, 5.41) is 0. The van der Waals surface area contributed by atoms with E-state index in [1.54, 1.807) is 30.5 Å². The Bertz CT molecular complexity index is 1100. The molecule has 0 saturated carbocycles. The maximum absolute atomic E-state index is 13.1. The molecule has 0 amide bonds. The van der Waals surface area contributed by atoms with Crippen molar-refractivity contribution in [2.45, 2.75) is 17.4 Å². The summed E-state index contributed by atoms with van der Waals surface area (Å²) in [6.45, 7) is 0.652. The molecule has 0 radical (unpaired) electrons. The van der Waals surface area contributed by atoms with Crippen LogP contribution in [0.4, 0.5) is 0 Å². The smallest absolute Gasteiger partial charge is 0.243 e. The van der Waals surface area contributed by atoms with Gasteiger partial charge in [-0.05, 0) is 48.0 Å². The first kappa shape index (κ1) is 19.6. The lowest BCUT2D eigenvalue weighted by atomic mass is 9.97. The second kappa shape index (κ2) is 7.99. The summed E-state index contributed by atoms with van der Waals surface area (Å²) in [5.74, 6) is 0.684. The van der Waals surface area contributed by atoms with Crippen molar-refractivity contribution in [1.29, 1.82) is 0 Å². The van der Waals surface area contributed by atoms with Crippen LogP contribution >= 0.6 is 31.9 Å². The van der Waals surface area contributed by atoms with Gasteiger partial charge in [0.05, 0.1) is 11.2 Å². The van der Waals surface area contributed by atoms with Gasteiger partial charge in [-0.1, -0.05) is 56.1 Å². The van der Waals surface area contributed by atoms with Gasteiger partial charge >= 0.3 is 0 Å². The quantitative estimate of drug-likeness (QED) is 0.434. The second-order valence-electron chi connectivity index (χ2n) is 6.58. The second-order valence-corrected chi connectivity index (χ2v) is 10.3. The van der Waals surface area contributed by atoms with E-state index in [1.165, 1.54) is 4.31 Å². The summed E-state index contributed by atoms with van der Waals surface area (Å²) in [6, 6.07) is 16.5. The molecule has 1 aromatic heterocycles. The number of halogens is 2. The van der Waals surface area contributed by atoms with Crippen LogP contribution in [0.15, 0.2) is 85.2 Å². The van der Waals surface area contributed by atoms with Gasteiger partial charge in [0.15, 0.2) is 0 Å². The Labute approximate surface area is 181 Å². The van der Waals surface area contributed by atoms with Gasteiger partial charge in [0, 0.05) is 33.5 Å². The minimum absolute atomic E-state index is 0.146. The number of furan rings is 1. The SMILES string of the molecule is O=S(=O)(c1ccc(Br)cc1)N1Cc2ccoc2C(/C=C/c2ccc(Br)cc2)C1. The summed E-state index contributed by atoms with van der Waals surface area (Å²) in [4.78, 5) is 0.290. The minimum Gasteiger partial charge on any atom is -0.468 e. The highest BCUT2D eigenvalue weighted by molar-refractivity contribution is 9.10. The molecule has 144 valence electrons. The normalized spacial score (nSPS) is 17.7. The zero-order chi connectivity index (χ0) is 19.7. The first-order chi connectivity index (χ1) is 13.4. The highest BCUT2D eigenvalue weighted by Crippen LogP contribution is 2.34. The number of sulfonamides is 1. The van der Waals surface area contributed by atoms with Gasteiger partial charge in [-0.15, -0.1) is 0 Å². The highest BCUT2D eigenvalue weighted by Gasteiger charge is 2.34. The Hall–Kier alpha value is -1.67.